The molecule has 320 valence electrons. The molecule has 0 bridgehead atoms. The first-order valence-electron chi connectivity index (χ1n) is 19.8. The molecule has 0 saturated carbocycles. The van der Waals surface area contributed by atoms with E-state index in [-0.39, 0.29) is 6.10 Å². The van der Waals surface area contributed by atoms with Gasteiger partial charge >= 0.3 is 0 Å². The number of likely N-dealkylation sites (N-methyl/N-ethyl adjacent to an activating group) is 10. The number of hydrogen-bond acceptors (Lipinski definition) is 16. The molecular weight excluding hydrogens is 680 g/mol. The van der Waals surface area contributed by atoms with E-state index in [9.17, 15) is 0 Å². The lowest BCUT2D eigenvalue weighted by Gasteiger charge is -2.32. The van der Waals surface area contributed by atoms with Gasteiger partial charge in [0, 0.05) is 99.2 Å². The maximum absolute atomic E-state index is 6.25. The van der Waals surface area contributed by atoms with E-state index >= 15 is 0 Å². The summed E-state index contributed by atoms with van der Waals surface area (Å²) in [5.74, 6) is 0. The van der Waals surface area contributed by atoms with Crippen molar-refractivity contribution in [2.45, 2.75) is 6.10 Å². The minimum Gasteiger partial charge on any atom is -0.378 e. The molecule has 0 aromatic rings. The molecule has 0 rings (SSSR count). The Labute approximate surface area is 326 Å². The van der Waals surface area contributed by atoms with Crippen LogP contribution in [0, 0.1) is 0 Å². The molecule has 1 atom stereocenters. The normalized spacial score (nSPS) is 13.2. The minimum absolute atomic E-state index is 0.0196. The Bertz CT molecular complexity index is 769. The number of ether oxygens (including phenoxy) is 6. The highest BCUT2D eigenvalue weighted by Crippen LogP contribution is 2.01. The van der Waals surface area contributed by atoms with Crippen LogP contribution in [0.3, 0.4) is 0 Å². The van der Waals surface area contributed by atoms with Crippen LogP contribution >= 0.6 is 0 Å². The van der Waals surface area contributed by atoms with Gasteiger partial charge in [-0.2, -0.15) is 0 Å². The average Bonchev–Trinajstić information content (AvgIpc) is 3.12. The molecule has 0 aromatic heterocycles. The van der Waals surface area contributed by atoms with E-state index in [1.807, 2.05) is 14.1 Å². The standard InChI is InChI=1S/C37H86N10O6/c1-38-12-24-48-28-30-51-31-29-50-26-22-44(8)36-45(9)23-27-52-35-37(53-33-32-49-25-13-39-2)34-43(7)17-16-42(6)19-21-47(11)46(10)20-18-41(5)15-14-40(3)4/h37-39H,12-36H2,1-11H3. The first-order valence-corrected chi connectivity index (χ1v) is 19.8. The van der Waals surface area contributed by atoms with Crippen LogP contribution in [-0.2, 0) is 28.4 Å². The Kier molecular flexibility index (Phi) is 36.5. The fourth-order valence-electron chi connectivity index (χ4n) is 4.98. The summed E-state index contributed by atoms with van der Waals surface area (Å²) in [6, 6.07) is 0. The second-order valence-electron chi connectivity index (χ2n) is 14.5. The first kappa shape index (κ1) is 52.4. The van der Waals surface area contributed by atoms with Crippen molar-refractivity contribution in [1.82, 2.24) is 50.1 Å². The second kappa shape index (κ2) is 37.0. The molecule has 16 heteroatoms. The van der Waals surface area contributed by atoms with Gasteiger partial charge in [-0.05, 0) is 63.4 Å². The first-order chi connectivity index (χ1) is 25.5. The van der Waals surface area contributed by atoms with Gasteiger partial charge in [0.05, 0.1) is 85.4 Å². The Morgan fingerprint density at radius 3 is 1.32 bits per heavy atom. The zero-order valence-corrected chi connectivity index (χ0v) is 36.3. The van der Waals surface area contributed by atoms with Crippen molar-refractivity contribution in [2.75, 3.05) is 242 Å². The summed E-state index contributed by atoms with van der Waals surface area (Å²) in [4.78, 5) is 13.9. The molecule has 1 unspecified atom stereocenters. The van der Waals surface area contributed by atoms with Gasteiger partial charge in [-0.1, -0.05) is 0 Å². The molecule has 0 aliphatic heterocycles. The zero-order valence-electron chi connectivity index (χ0n) is 36.3. The third kappa shape index (κ3) is 35.5. The molecule has 0 radical (unpaired) electrons. The SMILES string of the molecule is CNCCOCCOCCOCCN(C)CN(C)CCOCC(CN(C)CCN(C)CCN(C)N(C)CCN(C)CCN(C)C)OCCOCCNC. The monoisotopic (exact) mass is 767 g/mol. The molecule has 0 fully saturated rings. The highest BCUT2D eigenvalue weighted by atomic mass is 16.6. The van der Waals surface area contributed by atoms with Crippen LogP contribution in [0.2, 0.25) is 0 Å². The lowest BCUT2D eigenvalue weighted by atomic mass is 10.3. The van der Waals surface area contributed by atoms with E-state index in [0.29, 0.717) is 72.7 Å². The zero-order chi connectivity index (χ0) is 39.5. The van der Waals surface area contributed by atoms with Crippen molar-refractivity contribution < 1.29 is 28.4 Å². The largest absolute Gasteiger partial charge is 0.378 e. The van der Waals surface area contributed by atoms with Gasteiger partial charge in [-0.15, -0.1) is 0 Å². The van der Waals surface area contributed by atoms with Gasteiger partial charge in [0.2, 0.25) is 0 Å². The number of hydrogen-bond donors (Lipinski definition) is 2. The van der Waals surface area contributed by atoms with Crippen molar-refractivity contribution in [3.05, 3.63) is 0 Å². The van der Waals surface area contributed by atoms with E-state index in [4.69, 9.17) is 28.4 Å². The van der Waals surface area contributed by atoms with Crippen molar-refractivity contribution >= 4 is 0 Å². The number of hydrazine groups is 1. The smallest absolute Gasteiger partial charge is 0.0936 e. The average molecular weight is 767 g/mol. The van der Waals surface area contributed by atoms with E-state index in [1.165, 1.54) is 0 Å². The molecule has 0 aliphatic carbocycles. The lowest BCUT2D eigenvalue weighted by molar-refractivity contribution is -0.0509. The van der Waals surface area contributed by atoms with E-state index in [0.717, 1.165) is 91.8 Å². The predicted molar refractivity (Wildman–Crippen MR) is 218 cm³/mol. The molecule has 0 amide bonds. The fraction of sp³-hybridized carbons (Fsp3) is 1.00. The highest BCUT2D eigenvalue weighted by molar-refractivity contribution is 4.67. The summed E-state index contributed by atoms with van der Waals surface area (Å²) in [5.41, 5.74) is 0. The Hall–Kier alpha value is -0.640. The van der Waals surface area contributed by atoms with Crippen LogP contribution in [0.15, 0.2) is 0 Å². The molecule has 0 spiro atoms. The summed E-state index contributed by atoms with van der Waals surface area (Å²) >= 11 is 0. The Morgan fingerprint density at radius 2 is 0.811 bits per heavy atom. The van der Waals surface area contributed by atoms with Crippen LogP contribution in [0.4, 0.5) is 0 Å². The van der Waals surface area contributed by atoms with Gasteiger partial charge in [0.25, 0.3) is 0 Å². The van der Waals surface area contributed by atoms with Crippen LogP contribution in [0.25, 0.3) is 0 Å². The molecule has 0 aliphatic rings. The Morgan fingerprint density at radius 1 is 0.396 bits per heavy atom. The van der Waals surface area contributed by atoms with E-state index in [2.05, 4.69) is 113 Å². The van der Waals surface area contributed by atoms with E-state index < -0.39 is 0 Å². The molecule has 0 heterocycles. The summed E-state index contributed by atoms with van der Waals surface area (Å²) in [5, 5.41) is 10.8. The summed E-state index contributed by atoms with van der Waals surface area (Å²) in [7, 11) is 23.3. The number of nitrogens with one attached hydrogen (secondary N) is 2. The molecule has 0 aromatic carbocycles. The third-order valence-electron chi connectivity index (χ3n) is 8.84. The van der Waals surface area contributed by atoms with Gasteiger partial charge in [-0.3, -0.25) is 9.80 Å². The summed E-state index contributed by atoms with van der Waals surface area (Å²) in [6.07, 6.45) is -0.0196. The second-order valence-corrected chi connectivity index (χ2v) is 14.5. The van der Waals surface area contributed by atoms with Gasteiger partial charge in [-0.25, -0.2) is 10.0 Å². The van der Waals surface area contributed by atoms with Crippen LogP contribution in [0.1, 0.15) is 0 Å². The van der Waals surface area contributed by atoms with Crippen molar-refractivity contribution in [2.24, 2.45) is 0 Å². The quantitative estimate of drug-likeness (QED) is 0.0445. The maximum Gasteiger partial charge on any atom is 0.0936 e. The number of rotatable bonds is 41. The maximum atomic E-state index is 6.25. The van der Waals surface area contributed by atoms with Gasteiger partial charge in [0.1, 0.15) is 0 Å². The highest BCUT2D eigenvalue weighted by Gasteiger charge is 2.15. The molecule has 16 nitrogen and oxygen atoms in total. The van der Waals surface area contributed by atoms with Gasteiger partial charge < -0.3 is 58.7 Å². The Balaban J connectivity index is 4.37. The lowest BCUT2D eigenvalue weighted by Crippen LogP contribution is -2.45. The molecular formula is C37H86N10O6. The van der Waals surface area contributed by atoms with Gasteiger partial charge in [0.15, 0.2) is 0 Å². The van der Waals surface area contributed by atoms with Crippen LogP contribution < -0.4 is 10.6 Å². The molecule has 0 saturated heterocycles. The predicted octanol–water partition coefficient (Wildman–Crippen LogP) is -1.15. The van der Waals surface area contributed by atoms with Crippen LogP contribution in [-0.4, -0.2) is 287 Å². The summed E-state index contributed by atoms with van der Waals surface area (Å²) < 4.78 is 34.8. The van der Waals surface area contributed by atoms with Crippen molar-refractivity contribution in [3.8, 4) is 0 Å². The van der Waals surface area contributed by atoms with E-state index in [1.54, 1.807) is 0 Å². The van der Waals surface area contributed by atoms with Crippen molar-refractivity contribution in [1.29, 1.82) is 0 Å². The molecule has 53 heavy (non-hydrogen) atoms. The summed E-state index contributed by atoms with van der Waals surface area (Å²) in [6.45, 7) is 20.0. The van der Waals surface area contributed by atoms with Crippen LogP contribution in [0.5, 0.6) is 0 Å². The fourth-order valence-corrected chi connectivity index (χ4v) is 4.98. The minimum atomic E-state index is -0.0196. The molecule has 2 N–H and O–H groups in total. The topological polar surface area (TPSA) is 105 Å². The van der Waals surface area contributed by atoms with Crippen molar-refractivity contribution in [3.63, 3.8) is 0 Å². The number of nitrogens with zero attached hydrogens (tertiary/aromatic N) is 8. The third-order valence-corrected chi connectivity index (χ3v) is 8.84.